The molecule has 0 spiro atoms. The van der Waals surface area contributed by atoms with Crippen LogP contribution in [0.15, 0.2) is 24.3 Å². The Hall–Kier alpha value is -1.02. The zero-order chi connectivity index (χ0) is 13.1. The summed E-state index contributed by atoms with van der Waals surface area (Å²) in [6.07, 6.45) is 1.26. The van der Waals surface area contributed by atoms with Gasteiger partial charge in [-0.15, -0.1) is 0 Å². The zero-order valence-corrected chi connectivity index (χ0v) is 11.7. The standard InChI is InChI=1S/C15H25NO/c1-6-12(4)15(5,16)13-8-7-9-14(10-13)17-11(2)3/h7-12H,6,16H2,1-5H3. The van der Waals surface area contributed by atoms with E-state index in [-0.39, 0.29) is 11.6 Å². The van der Waals surface area contributed by atoms with E-state index in [0.717, 1.165) is 17.7 Å². The monoisotopic (exact) mass is 235 g/mol. The molecule has 0 radical (unpaired) electrons. The molecule has 96 valence electrons. The first-order chi connectivity index (χ1) is 7.87. The molecule has 17 heavy (non-hydrogen) atoms. The van der Waals surface area contributed by atoms with Gasteiger partial charge in [-0.25, -0.2) is 0 Å². The summed E-state index contributed by atoms with van der Waals surface area (Å²) in [7, 11) is 0. The maximum Gasteiger partial charge on any atom is 0.120 e. The first kappa shape index (κ1) is 14.0. The van der Waals surface area contributed by atoms with Crippen LogP contribution in [0.5, 0.6) is 5.75 Å². The van der Waals surface area contributed by atoms with Crippen LogP contribution in [0.1, 0.15) is 46.6 Å². The number of hydrogen-bond acceptors (Lipinski definition) is 2. The fourth-order valence-electron chi connectivity index (χ4n) is 1.89. The van der Waals surface area contributed by atoms with Crippen molar-refractivity contribution in [2.75, 3.05) is 0 Å². The van der Waals surface area contributed by atoms with Gasteiger partial charge in [0.15, 0.2) is 0 Å². The van der Waals surface area contributed by atoms with Crippen LogP contribution in [-0.2, 0) is 5.54 Å². The molecule has 0 fully saturated rings. The predicted molar refractivity (Wildman–Crippen MR) is 73.2 cm³/mol. The highest BCUT2D eigenvalue weighted by atomic mass is 16.5. The molecule has 0 amide bonds. The normalized spacial score (nSPS) is 16.6. The summed E-state index contributed by atoms with van der Waals surface area (Å²) in [6, 6.07) is 8.14. The molecule has 0 heterocycles. The molecule has 2 N–H and O–H groups in total. The van der Waals surface area contributed by atoms with Gasteiger partial charge in [-0.05, 0) is 44.4 Å². The van der Waals surface area contributed by atoms with Gasteiger partial charge >= 0.3 is 0 Å². The van der Waals surface area contributed by atoms with E-state index in [2.05, 4.69) is 32.9 Å². The number of benzene rings is 1. The fraction of sp³-hybridized carbons (Fsp3) is 0.600. The summed E-state index contributed by atoms with van der Waals surface area (Å²) >= 11 is 0. The Kier molecular flexibility index (Phi) is 4.58. The van der Waals surface area contributed by atoms with Gasteiger partial charge in [0, 0.05) is 5.54 Å². The number of rotatable bonds is 5. The van der Waals surface area contributed by atoms with E-state index in [4.69, 9.17) is 10.5 Å². The molecule has 0 aliphatic heterocycles. The molecule has 2 unspecified atom stereocenters. The lowest BCUT2D eigenvalue weighted by atomic mass is 9.80. The van der Waals surface area contributed by atoms with Crippen molar-refractivity contribution in [3.05, 3.63) is 29.8 Å². The van der Waals surface area contributed by atoms with Crippen LogP contribution in [0.4, 0.5) is 0 Å². The van der Waals surface area contributed by atoms with Crippen LogP contribution in [0.3, 0.4) is 0 Å². The van der Waals surface area contributed by atoms with E-state index in [1.54, 1.807) is 0 Å². The summed E-state index contributed by atoms with van der Waals surface area (Å²) in [5, 5.41) is 0. The minimum atomic E-state index is -0.300. The zero-order valence-electron chi connectivity index (χ0n) is 11.7. The van der Waals surface area contributed by atoms with Crippen molar-refractivity contribution >= 4 is 0 Å². The first-order valence-corrected chi connectivity index (χ1v) is 6.44. The molecule has 0 bridgehead atoms. The number of hydrogen-bond donors (Lipinski definition) is 1. The lowest BCUT2D eigenvalue weighted by Crippen LogP contribution is -2.39. The van der Waals surface area contributed by atoms with Crippen molar-refractivity contribution < 1.29 is 4.74 Å². The van der Waals surface area contributed by atoms with Crippen LogP contribution in [0.2, 0.25) is 0 Å². The largest absolute Gasteiger partial charge is 0.491 e. The third kappa shape index (κ3) is 3.47. The van der Waals surface area contributed by atoms with Crippen molar-refractivity contribution in [2.45, 2.75) is 52.7 Å². The van der Waals surface area contributed by atoms with Gasteiger partial charge in [-0.1, -0.05) is 32.4 Å². The van der Waals surface area contributed by atoms with E-state index in [1.807, 2.05) is 26.0 Å². The SMILES string of the molecule is CCC(C)C(C)(N)c1cccc(OC(C)C)c1. The van der Waals surface area contributed by atoms with E-state index >= 15 is 0 Å². The summed E-state index contributed by atoms with van der Waals surface area (Å²) in [5.41, 5.74) is 7.28. The van der Waals surface area contributed by atoms with Crippen LogP contribution in [-0.4, -0.2) is 6.10 Å². The Labute approximate surface area is 105 Å². The number of nitrogens with two attached hydrogens (primary N) is 1. The van der Waals surface area contributed by atoms with Crippen molar-refractivity contribution in [3.8, 4) is 5.75 Å². The molecule has 1 rings (SSSR count). The molecule has 2 heteroatoms. The van der Waals surface area contributed by atoms with E-state index < -0.39 is 0 Å². The second-order valence-electron chi connectivity index (χ2n) is 5.29. The van der Waals surface area contributed by atoms with Gasteiger partial charge in [-0.3, -0.25) is 0 Å². The van der Waals surface area contributed by atoms with Gasteiger partial charge in [0.1, 0.15) is 5.75 Å². The summed E-state index contributed by atoms with van der Waals surface area (Å²) in [4.78, 5) is 0. The smallest absolute Gasteiger partial charge is 0.120 e. The fourth-order valence-corrected chi connectivity index (χ4v) is 1.89. The van der Waals surface area contributed by atoms with Crippen molar-refractivity contribution in [3.63, 3.8) is 0 Å². The van der Waals surface area contributed by atoms with Gasteiger partial charge in [0.25, 0.3) is 0 Å². The summed E-state index contributed by atoms with van der Waals surface area (Å²) in [6.45, 7) is 10.5. The van der Waals surface area contributed by atoms with Crippen molar-refractivity contribution in [1.29, 1.82) is 0 Å². The quantitative estimate of drug-likeness (QED) is 0.844. The highest BCUT2D eigenvalue weighted by Gasteiger charge is 2.27. The van der Waals surface area contributed by atoms with Crippen LogP contribution in [0, 0.1) is 5.92 Å². The molecule has 1 aromatic rings. The summed E-state index contributed by atoms with van der Waals surface area (Å²) in [5.74, 6) is 1.34. The van der Waals surface area contributed by atoms with Gasteiger partial charge in [-0.2, -0.15) is 0 Å². The highest BCUT2D eigenvalue weighted by molar-refractivity contribution is 5.33. The van der Waals surface area contributed by atoms with Gasteiger partial charge < -0.3 is 10.5 Å². The lowest BCUT2D eigenvalue weighted by Gasteiger charge is -2.32. The molecule has 0 saturated heterocycles. The molecule has 0 aromatic heterocycles. The molecule has 0 aliphatic carbocycles. The molecule has 2 atom stereocenters. The molecule has 0 aliphatic rings. The lowest BCUT2D eigenvalue weighted by molar-refractivity contribution is 0.240. The molecule has 0 saturated carbocycles. The van der Waals surface area contributed by atoms with Crippen molar-refractivity contribution in [1.82, 2.24) is 0 Å². The maximum atomic E-state index is 6.44. The van der Waals surface area contributed by atoms with Gasteiger partial charge in [0.05, 0.1) is 6.10 Å². The Balaban J connectivity index is 2.98. The first-order valence-electron chi connectivity index (χ1n) is 6.44. The van der Waals surface area contributed by atoms with Crippen LogP contribution >= 0.6 is 0 Å². The van der Waals surface area contributed by atoms with Gasteiger partial charge in [0.2, 0.25) is 0 Å². The third-order valence-electron chi connectivity index (χ3n) is 3.46. The minimum absolute atomic E-state index is 0.192. The Morgan fingerprint density at radius 1 is 1.29 bits per heavy atom. The van der Waals surface area contributed by atoms with E-state index in [0.29, 0.717) is 5.92 Å². The molecular formula is C15H25NO. The topological polar surface area (TPSA) is 35.2 Å². The highest BCUT2D eigenvalue weighted by Crippen LogP contribution is 2.30. The molecule has 2 nitrogen and oxygen atoms in total. The summed E-state index contributed by atoms with van der Waals surface area (Å²) < 4.78 is 5.71. The van der Waals surface area contributed by atoms with Crippen molar-refractivity contribution in [2.24, 2.45) is 11.7 Å². The predicted octanol–water partition coefficient (Wildman–Crippen LogP) is 3.69. The van der Waals surface area contributed by atoms with E-state index in [9.17, 15) is 0 Å². The molecular weight excluding hydrogens is 210 g/mol. The average molecular weight is 235 g/mol. The second-order valence-corrected chi connectivity index (χ2v) is 5.29. The van der Waals surface area contributed by atoms with Crippen LogP contribution in [0.25, 0.3) is 0 Å². The Morgan fingerprint density at radius 3 is 2.47 bits per heavy atom. The minimum Gasteiger partial charge on any atom is -0.491 e. The Morgan fingerprint density at radius 2 is 1.94 bits per heavy atom. The second kappa shape index (κ2) is 5.54. The Bertz CT molecular complexity index is 358. The maximum absolute atomic E-state index is 6.44. The van der Waals surface area contributed by atoms with E-state index in [1.165, 1.54) is 0 Å². The average Bonchev–Trinajstić information content (AvgIpc) is 2.27. The third-order valence-corrected chi connectivity index (χ3v) is 3.46. The number of ether oxygens (including phenoxy) is 1. The molecule has 1 aromatic carbocycles. The van der Waals surface area contributed by atoms with Crippen LogP contribution < -0.4 is 10.5 Å².